The maximum absolute atomic E-state index is 13.2. The van der Waals surface area contributed by atoms with Crippen molar-refractivity contribution in [1.29, 1.82) is 0 Å². The number of likely N-dealkylation sites (tertiary alicyclic amines) is 2. The number of fused-ring (bicyclic) bond motifs is 1. The van der Waals surface area contributed by atoms with Gasteiger partial charge in [-0.3, -0.25) is 19.7 Å². The summed E-state index contributed by atoms with van der Waals surface area (Å²) in [4.78, 5) is 50.1. The van der Waals surface area contributed by atoms with Gasteiger partial charge in [0.25, 0.3) is 0 Å². The molecule has 7 heterocycles. The Morgan fingerprint density at radius 1 is 0.841 bits per heavy atom. The smallest absolute Gasteiger partial charge is 0.249 e. The second kappa shape index (κ2) is 18.9. The molecule has 1 atom stereocenters. The quantitative estimate of drug-likeness (QED) is 0.0669. The summed E-state index contributed by atoms with van der Waals surface area (Å²) in [6, 6.07) is 12.2. The number of nitrogen functional groups attached to an aromatic ring is 1. The lowest BCUT2D eigenvalue weighted by Gasteiger charge is -2.32. The molecular formula is C47H60N12O4. The maximum Gasteiger partial charge on any atom is 0.249 e. The lowest BCUT2D eigenvalue weighted by molar-refractivity contribution is -0.134. The molecule has 4 aromatic heterocycles. The van der Waals surface area contributed by atoms with Crippen molar-refractivity contribution in [3.05, 3.63) is 59.7 Å². The van der Waals surface area contributed by atoms with E-state index in [9.17, 15) is 14.4 Å². The van der Waals surface area contributed by atoms with E-state index in [1.165, 1.54) is 31.2 Å². The van der Waals surface area contributed by atoms with Crippen molar-refractivity contribution in [2.45, 2.75) is 134 Å². The van der Waals surface area contributed by atoms with Gasteiger partial charge >= 0.3 is 0 Å². The molecule has 3 amide bonds. The van der Waals surface area contributed by atoms with Crippen molar-refractivity contribution in [3.8, 4) is 22.6 Å². The highest BCUT2D eigenvalue weighted by Gasteiger charge is 2.36. The number of hydrogen-bond acceptors (Lipinski definition) is 13. The van der Waals surface area contributed by atoms with Crippen LogP contribution in [0.1, 0.15) is 145 Å². The maximum atomic E-state index is 13.2. The summed E-state index contributed by atoms with van der Waals surface area (Å²) in [7, 11) is 0. The van der Waals surface area contributed by atoms with Crippen LogP contribution in [0.15, 0.2) is 47.2 Å². The van der Waals surface area contributed by atoms with Crippen molar-refractivity contribution < 1.29 is 18.9 Å². The molecule has 3 aliphatic heterocycles. The van der Waals surface area contributed by atoms with E-state index in [1.807, 2.05) is 29.5 Å². The zero-order valence-corrected chi connectivity index (χ0v) is 36.6. The number of carbonyl (C=O) groups excluding carboxylic acids is 3. The molecule has 332 valence electrons. The van der Waals surface area contributed by atoms with Gasteiger partial charge in [-0.25, -0.2) is 14.6 Å². The number of nitrogens with one attached hydrogen (secondary N) is 2. The van der Waals surface area contributed by atoms with E-state index in [2.05, 4.69) is 61.0 Å². The zero-order valence-electron chi connectivity index (χ0n) is 36.6. The highest BCUT2D eigenvalue weighted by molar-refractivity contribution is 6.02. The van der Waals surface area contributed by atoms with Crippen LogP contribution in [0.2, 0.25) is 0 Å². The predicted octanol–water partition coefficient (Wildman–Crippen LogP) is 7.12. The van der Waals surface area contributed by atoms with Crippen molar-refractivity contribution in [2.24, 2.45) is 0 Å². The Hall–Kier alpha value is -5.77. The molecule has 0 radical (unpaired) electrons. The van der Waals surface area contributed by atoms with Gasteiger partial charge in [-0.1, -0.05) is 36.6 Å². The summed E-state index contributed by atoms with van der Waals surface area (Å²) in [6.07, 6.45) is 14.7. The van der Waals surface area contributed by atoms with Crippen LogP contribution < -0.4 is 16.4 Å². The van der Waals surface area contributed by atoms with Crippen LogP contribution in [0.4, 0.5) is 11.5 Å². The minimum Gasteiger partial charge on any atom is -0.383 e. The van der Waals surface area contributed by atoms with Gasteiger partial charge in [0.1, 0.15) is 35.3 Å². The third kappa shape index (κ3) is 9.60. The largest absolute Gasteiger partial charge is 0.383 e. The second-order valence-electron chi connectivity index (χ2n) is 18.3. The van der Waals surface area contributed by atoms with Crippen LogP contribution in [-0.2, 0) is 14.4 Å². The molecule has 5 aromatic rings. The Bertz CT molecular complexity index is 2390. The topological polar surface area (TPSA) is 203 Å². The van der Waals surface area contributed by atoms with E-state index in [0.29, 0.717) is 59.1 Å². The number of carbonyl (C=O) groups is 3. The van der Waals surface area contributed by atoms with Gasteiger partial charge in [-0.05, 0) is 127 Å². The molecule has 0 spiro atoms. The molecule has 4 N–H and O–H groups in total. The first-order chi connectivity index (χ1) is 30.7. The van der Waals surface area contributed by atoms with E-state index in [0.717, 1.165) is 107 Å². The molecule has 3 saturated heterocycles. The average Bonchev–Trinajstić information content (AvgIpc) is 3.92. The number of unbranched alkanes of at least 4 members (excludes halogenated alkanes) is 4. The van der Waals surface area contributed by atoms with Gasteiger partial charge in [0.05, 0.1) is 22.3 Å². The second-order valence-corrected chi connectivity index (χ2v) is 18.3. The number of aromatic nitrogens is 7. The van der Waals surface area contributed by atoms with Gasteiger partial charge in [-0.2, -0.15) is 15.3 Å². The summed E-state index contributed by atoms with van der Waals surface area (Å²) in [5.74, 6) is 2.06. The van der Waals surface area contributed by atoms with E-state index in [1.54, 1.807) is 0 Å². The first-order valence-electron chi connectivity index (χ1n) is 23.2. The number of anilines is 2. The third-order valence-electron chi connectivity index (χ3n) is 13.5. The van der Waals surface area contributed by atoms with Crippen molar-refractivity contribution in [2.75, 3.05) is 43.8 Å². The van der Waals surface area contributed by atoms with Gasteiger partial charge in [-0.15, -0.1) is 0 Å². The summed E-state index contributed by atoms with van der Waals surface area (Å²) in [5, 5.41) is 25.2. The molecule has 1 unspecified atom stereocenters. The van der Waals surface area contributed by atoms with Crippen molar-refractivity contribution in [1.82, 2.24) is 50.2 Å². The fraction of sp³-hybridized carbons (Fsp3) is 0.553. The molecule has 1 saturated carbocycles. The van der Waals surface area contributed by atoms with Crippen LogP contribution in [0.25, 0.3) is 33.7 Å². The number of nitrogens with zero attached hydrogens (tertiary/aromatic N) is 9. The molecule has 16 nitrogen and oxygen atoms in total. The van der Waals surface area contributed by atoms with Crippen LogP contribution in [0.3, 0.4) is 0 Å². The Kier molecular flexibility index (Phi) is 12.8. The van der Waals surface area contributed by atoms with Gasteiger partial charge in [0.2, 0.25) is 17.7 Å². The number of hydrogen-bond donors (Lipinski definition) is 3. The Labute approximate surface area is 368 Å². The lowest BCUT2D eigenvalue weighted by Crippen LogP contribution is -2.47. The number of piperidine rings is 3. The van der Waals surface area contributed by atoms with Crippen LogP contribution in [0.5, 0.6) is 0 Å². The van der Waals surface area contributed by atoms with E-state index < -0.39 is 0 Å². The summed E-state index contributed by atoms with van der Waals surface area (Å²) < 4.78 is 7.82. The summed E-state index contributed by atoms with van der Waals surface area (Å²) in [6.45, 7) is 8.95. The monoisotopic (exact) mass is 856 g/mol. The van der Waals surface area contributed by atoms with Gasteiger partial charge in [0.15, 0.2) is 5.65 Å². The minimum atomic E-state index is -0.361. The minimum absolute atomic E-state index is 0.0520. The SMILES string of the molecule is CC(C)n1nc(-c2noc(C3CC3)c2-c2ccc(C3CCN(C(=O)CCCCCCCN4CCC(c5ccc(NC6CCC(=O)NC6=O)cc5)CC4)CC3)nn2)c2c(N)ncnc21. The zero-order chi connectivity index (χ0) is 43.5. The van der Waals surface area contributed by atoms with Gasteiger partial charge in [0, 0.05) is 49.5 Å². The summed E-state index contributed by atoms with van der Waals surface area (Å²) >= 11 is 0. The van der Waals surface area contributed by atoms with E-state index in [4.69, 9.17) is 25.6 Å². The molecule has 16 heteroatoms. The van der Waals surface area contributed by atoms with Crippen LogP contribution in [0, 0.1) is 0 Å². The van der Waals surface area contributed by atoms with Crippen LogP contribution in [-0.4, -0.2) is 101 Å². The number of amides is 3. The van der Waals surface area contributed by atoms with E-state index in [-0.39, 0.29) is 41.6 Å². The third-order valence-corrected chi connectivity index (χ3v) is 13.5. The molecule has 63 heavy (non-hydrogen) atoms. The number of imide groups is 1. The number of nitrogens with two attached hydrogens (primary N) is 1. The van der Waals surface area contributed by atoms with E-state index >= 15 is 0 Å². The predicted molar refractivity (Wildman–Crippen MR) is 240 cm³/mol. The highest BCUT2D eigenvalue weighted by atomic mass is 16.5. The molecule has 0 bridgehead atoms. The Morgan fingerprint density at radius 2 is 1.59 bits per heavy atom. The normalized spacial score (nSPS) is 19.3. The first kappa shape index (κ1) is 42.5. The lowest BCUT2D eigenvalue weighted by atomic mass is 9.89. The average molecular weight is 857 g/mol. The molecule has 1 aromatic carbocycles. The highest BCUT2D eigenvalue weighted by Crippen LogP contribution is 2.48. The molecule has 4 fully saturated rings. The Balaban J connectivity index is 0.680. The number of rotatable bonds is 16. The fourth-order valence-electron chi connectivity index (χ4n) is 9.65. The molecule has 4 aliphatic rings. The van der Waals surface area contributed by atoms with Crippen molar-refractivity contribution >= 4 is 40.3 Å². The molecule has 9 rings (SSSR count). The van der Waals surface area contributed by atoms with Crippen LogP contribution >= 0.6 is 0 Å². The standard InChI is InChI=1S/C47H60N12O4/c1-29(2)59-46-41(45(48)49-28-50-46)42(55-59)43-40(44(63-56-43)33-9-10-33)36-16-15-35(53-54-36)32-21-26-58(27-22-32)39(61)8-6-4-3-5-7-23-57-24-19-31(20-25-57)30-11-13-34(14-12-30)51-37-17-18-38(60)52-47(37)62/h11-16,28-29,31-33,37,51H,3-10,17-27H2,1-2H3,(H2,48,49,50)(H,52,60,62). The summed E-state index contributed by atoms with van der Waals surface area (Å²) in [5.41, 5.74) is 12.9. The number of benzene rings is 1. The molecular weight excluding hydrogens is 797 g/mol. The molecule has 1 aliphatic carbocycles. The first-order valence-corrected chi connectivity index (χ1v) is 23.2. The van der Waals surface area contributed by atoms with Gasteiger partial charge < -0.3 is 25.4 Å². The fourth-order valence-corrected chi connectivity index (χ4v) is 9.65. The van der Waals surface area contributed by atoms with Crippen molar-refractivity contribution in [3.63, 3.8) is 0 Å². The Morgan fingerprint density at radius 3 is 2.30 bits per heavy atom.